The molecule has 0 aromatic carbocycles. The molecule has 6 heteroatoms. The lowest BCUT2D eigenvalue weighted by atomic mass is 10.0. The van der Waals surface area contributed by atoms with Gasteiger partial charge in [-0.1, -0.05) is 13.8 Å². The zero-order valence-corrected chi connectivity index (χ0v) is 15.0. The summed E-state index contributed by atoms with van der Waals surface area (Å²) in [5.74, 6) is -0.135. The highest BCUT2D eigenvalue weighted by molar-refractivity contribution is 5.75. The number of piperidine rings is 1. The number of carbonyl (C=O) groups is 2. The monoisotopic (exact) mass is 328 g/mol. The van der Waals surface area contributed by atoms with Gasteiger partial charge in [0.2, 0.25) is 0 Å². The lowest BCUT2D eigenvalue weighted by molar-refractivity contribution is -0.150. The number of likely N-dealkylation sites (tertiary alicyclic amines) is 1. The van der Waals surface area contributed by atoms with Crippen LogP contribution in [-0.2, 0) is 14.3 Å². The van der Waals surface area contributed by atoms with Gasteiger partial charge < -0.3 is 14.4 Å². The van der Waals surface area contributed by atoms with Gasteiger partial charge in [-0.25, -0.2) is 4.79 Å². The number of hydrogen-bond donors (Lipinski definition) is 0. The molecule has 0 saturated carbocycles. The fraction of sp³-hybridized carbons (Fsp3) is 0.882. The normalized spacial score (nSPS) is 17.6. The summed E-state index contributed by atoms with van der Waals surface area (Å²) in [6.07, 6.45) is 3.19. The molecular weight excluding hydrogens is 296 g/mol. The minimum atomic E-state index is -0.217. The standard InChI is InChI=1S/C17H32N2O4/c1-5-11-19(17(21)23-8-4)14-9-12-18(13-10-14)15(6-2)16(20)22-7-3/h14-15H,5-13H2,1-4H3. The van der Waals surface area contributed by atoms with Gasteiger partial charge in [0, 0.05) is 25.7 Å². The molecule has 0 aromatic rings. The minimum Gasteiger partial charge on any atom is -0.465 e. The maximum Gasteiger partial charge on any atom is 0.409 e. The van der Waals surface area contributed by atoms with Gasteiger partial charge in [-0.3, -0.25) is 9.69 Å². The average molecular weight is 328 g/mol. The highest BCUT2D eigenvalue weighted by atomic mass is 16.6. The van der Waals surface area contributed by atoms with Crippen LogP contribution in [0.4, 0.5) is 4.79 Å². The molecule has 1 atom stereocenters. The van der Waals surface area contributed by atoms with E-state index in [-0.39, 0.29) is 24.1 Å². The first-order valence-corrected chi connectivity index (χ1v) is 8.92. The number of hydrogen-bond acceptors (Lipinski definition) is 5. The van der Waals surface area contributed by atoms with E-state index in [0.29, 0.717) is 13.2 Å². The van der Waals surface area contributed by atoms with E-state index >= 15 is 0 Å². The Morgan fingerprint density at radius 3 is 2.17 bits per heavy atom. The van der Waals surface area contributed by atoms with Crippen LogP contribution in [0.25, 0.3) is 0 Å². The van der Waals surface area contributed by atoms with Crippen molar-refractivity contribution in [2.24, 2.45) is 0 Å². The fourth-order valence-corrected chi connectivity index (χ4v) is 3.19. The van der Waals surface area contributed by atoms with Gasteiger partial charge in [0.1, 0.15) is 6.04 Å². The van der Waals surface area contributed by atoms with Gasteiger partial charge in [0.05, 0.1) is 13.2 Å². The summed E-state index contributed by atoms with van der Waals surface area (Å²) in [4.78, 5) is 28.2. The Kier molecular flexibility index (Phi) is 8.99. The van der Waals surface area contributed by atoms with Crippen molar-refractivity contribution in [2.45, 2.75) is 65.5 Å². The van der Waals surface area contributed by atoms with Crippen LogP contribution in [0.5, 0.6) is 0 Å². The molecule has 0 bridgehead atoms. The number of amides is 1. The SMILES string of the molecule is CCCN(C(=O)OCC)C1CCN(C(CC)C(=O)OCC)CC1. The van der Waals surface area contributed by atoms with Crippen molar-refractivity contribution in [1.29, 1.82) is 0 Å². The minimum absolute atomic E-state index is 0.135. The van der Waals surface area contributed by atoms with Crippen molar-refractivity contribution in [2.75, 3.05) is 32.8 Å². The smallest absolute Gasteiger partial charge is 0.409 e. The Morgan fingerprint density at radius 2 is 1.70 bits per heavy atom. The molecule has 1 rings (SSSR count). The topological polar surface area (TPSA) is 59.1 Å². The van der Waals surface area contributed by atoms with E-state index in [1.165, 1.54) is 0 Å². The van der Waals surface area contributed by atoms with Crippen LogP contribution in [0.15, 0.2) is 0 Å². The summed E-state index contributed by atoms with van der Waals surface area (Å²) in [5, 5.41) is 0. The summed E-state index contributed by atoms with van der Waals surface area (Å²) in [5.41, 5.74) is 0. The molecule has 1 aliphatic rings. The van der Waals surface area contributed by atoms with Crippen LogP contribution < -0.4 is 0 Å². The zero-order valence-electron chi connectivity index (χ0n) is 15.0. The molecule has 0 aliphatic carbocycles. The number of rotatable bonds is 8. The van der Waals surface area contributed by atoms with Crippen molar-refractivity contribution in [1.82, 2.24) is 9.80 Å². The molecule has 6 nitrogen and oxygen atoms in total. The van der Waals surface area contributed by atoms with Gasteiger partial charge in [-0.15, -0.1) is 0 Å². The predicted molar refractivity (Wildman–Crippen MR) is 89.3 cm³/mol. The highest BCUT2D eigenvalue weighted by Gasteiger charge is 2.33. The molecule has 0 aromatic heterocycles. The Bertz CT molecular complexity index is 368. The molecule has 1 fully saturated rings. The molecule has 1 aliphatic heterocycles. The molecule has 23 heavy (non-hydrogen) atoms. The quantitative estimate of drug-likeness (QED) is 0.641. The van der Waals surface area contributed by atoms with Gasteiger partial charge in [-0.05, 0) is 39.5 Å². The summed E-state index contributed by atoms with van der Waals surface area (Å²) in [7, 11) is 0. The van der Waals surface area contributed by atoms with Crippen molar-refractivity contribution in [3.05, 3.63) is 0 Å². The van der Waals surface area contributed by atoms with Crippen LogP contribution in [0.2, 0.25) is 0 Å². The maximum absolute atomic E-state index is 12.1. The number of ether oxygens (including phenoxy) is 2. The van der Waals surface area contributed by atoms with Crippen molar-refractivity contribution < 1.29 is 19.1 Å². The first-order chi connectivity index (χ1) is 11.1. The first kappa shape index (κ1) is 19.7. The van der Waals surface area contributed by atoms with E-state index in [1.807, 2.05) is 25.7 Å². The third kappa shape index (κ3) is 5.68. The number of nitrogens with zero attached hydrogens (tertiary/aromatic N) is 2. The van der Waals surface area contributed by atoms with Crippen LogP contribution in [-0.4, -0.2) is 66.8 Å². The highest BCUT2D eigenvalue weighted by Crippen LogP contribution is 2.21. The Hall–Kier alpha value is -1.30. The molecular formula is C17H32N2O4. The van der Waals surface area contributed by atoms with Crippen molar-refractivity contribution >= 4 is 12.1 Å². The van der Waals surface area contributed by atoms with Crippen LogP contribution in [0, 0.1) is 0 Å². The fourth-order valence-electron chi connectivity index (χ4n) is 3.19. The molecule has 0 radical (unpaired) electrons. The van der Waals surface area contributed by atoms with Gasteiger partial charge in [0.15, 0.2) is 0 Å². The van der Waals surface area contributed by atoms with Gasteiger partial charge in [0.25, 0.3) is 0 Å². The third-order valence-corrected chi connectivity index (χ3v) is 4.29. The number of carbonyl (C=O) groups excluding carboxylic acids is 2. The second-order valence-electron chi connectivity index (χ2n) is 5.84. The van der Waals surface area contributed by atoms with Crippen LogP contribution in [0.3, 0.4) is 0 Å². The first-order valence-electron chi connectivity index (χ1n) is 8.92. The zero-order chi connectivity index (χ0) is 17.2. The Balaban J connectivity index is 2.61. The summed E-state index contributed by atoms with van der Waals surface area (Å²) in [6, 6.07) is 0.0306. The van der Waals surface area contributed by atoms with E-state index in [2.05, 4.69) is 11.8 Å². The Morgan fingerprint density at radius 1 is 1.09 bits per heavy atom. The van der Waals surface area contributed by atoms with E-state index < -0.39 is 0 Å². The second kappa shape index (κ2) is 10.5. The Labute approximate surface area is 140 Å². The predicted octanol–water partition coefficient (Wildman–Crippen LogP) is 2.66. The molecule has 0 N–H and O–H groups in total. The molecule has 0 spiro atoms. The maximum atomic E-state index is 12.1. The lowest BCUT2D eigenvalue weighted by Crippen LogP contribution is -2.52. The summed E-state index contributed by atoms with van der Waals surface area (Å²) < 4.78 is 10.3. The van der Waals surface area contributed by atoms with Crippen molar-refractivity contribution in [3.8, 4) is 0 Å². The summed E-state index contributed by atoms with van der Waals surface area (Å²) >= 11 is 0. The van der Waals surface area contributed by atoms with Gasteiger partial charge in [-0.2, -0.15) is 0 Å². The summed E-state index contributed by atoms with van der Waals surface area (Å²) in [6.45, 7) is 10.9. The van der Waals surface area contributed by atoms with E-state index in [0.717, 1.165) is 45.3 Å². The van der Waals surface area contributed by atoms with Crippen LogP contribution in [0.1, 0.15) is 53.4 Å². The lowest BCUT2D eigenvalue weighted by Gasteiger charge is -2.40. The van der Waals surface area contributed by atoms with Crippen molar-refractivity contribution in [3.63, 3.8) is 0 Å². The average Bonchev–Trinajstić information content (AvgIpc) is 2.54. The van der Waals surface area contributed by atoms with E-state index in [4.69, 9.17) is 9.47 Å². The van der Waals surface area contributed by atoms with Crippen LogP contribution >= 0.6 is 0 Å². The molecule has 1 amide bonds. The largest absolute Gasteiger partial charge is 0.465 e. The molecule has 134 valence electrons. The second-order valence-corrected chi connectivity index (χ2v) is 5.84. The number of esters is 1. The third-order valence-electron chi connectivity index (χ3n) is 4.29. The molecule has 1 unspecified atom stereocenters. The molecule has 1 heterocycles. The van der Waals surface area contributed by atoms with E-state index in [1.54, 1.807) is 0 Å². The van der Waals surface area contributed by atoms with Gasteiger partial charge >= 0.3 is 12.1 Å². The van der Waals surface area contributed by atoms with E-state index in [9.17, 15) is 9.59 Å². The molecule has 1 saturated heterocycles.